The molecule has 0 radical (unpaired) electrons. The quantitative estimate of drug-likeness (QED) is 0.188. The van der Waals surface area contributed by atoms with Gasteiger partial charge in [0, 0.05) is 39.8 Å². The van der Waals surface area contributed by atoms with Crippen LogP contribution in [0.3, 0.4) is 0 Å². The number of hydrogen-bond acceptors (Lipinski definition) is 3. The topological polar surface area (TPSA) is 34.0 Å². The van der Waals surface area contributed by atoms with Crippen LogP contribution in [0.2, 0.25) is 0 Å². The molecular weight excluding hydrogens is 604 g/mol. The summed E-state index contributed by atoms with van der Waals surface area (Å²) in [4.78, 5) is 11.6. The van der Waals surface area contributed by atoms with Crippen LogP contribution in [-0.4, -0.2) is 14.5 Å². The molecule has 0 N–H and O–H groups in total. The molecule has 5 heteroatoms. The van der Waals surface area contributed by atoms with Crippen molar-refractivity contribution in [2.45, 2.75) is 25.4 Å². The van der Waals surface area contributed by atoms with E-state index in [1.54, 1.807) is 6.20 Å². The molecule has 0 saturated carbocycles. The summed E-state index contributed by atoms with van der Waals surface area (Å²) in [6.45, 7) is 4.61. The van der Waals surface area contributed by atoms with E-state index in [9.17, 15) is 0 Å². The maximum absolute atomic E-state index is 16.6. The lowest BCUT2D eigenvalue weighted by molar-refractivity contribution is 0.402. The number of aromatic nitrogens is 3. The zero-order valence-corrected chi connectivity index (χ0v) is 27.3. The second-order valence-electron chi connectivity index (χ2n) is 13.2. The lowest BCUT2D eigenvalue weighted by Crippen LogP contribution is -2.30. The van der Waals surface area contributed by atoms with Crippen molar-refractivity contribution >= 4 is 38.9 Å². The van der Waals surface area contributed by atoms with Gasteiger partial charge in [-0.25, -0.2) is 9.37 Å². The molecule has 3 aromatic heterocycles. The largest absolute Gasteiger partial charge is 0.310 e. The number of hydrogen-bond donors (Lipinski definition) is 0. The van der Waals surface area contributed by atoms with Crippen LogP contribution in [0.5, 0.6) is 0 Å². The molecule has 1 unspecified atom stereocenters. The average Bonchev–Trinajstić information content (AvgIpc) is 3.48. The minimum Gasteiger partial charge on any atom is -0.310 e. The molecule has 1 aliphatic rings. The van der Waals surface area contributed by atoms with E-state index in [1.807, 2.05) is 79.0 Å². The first-order chi connectivity index (χ1) is 24.0. The Morgan fingerprint density at radius 1 is 0.571 bits per heavy atom. The molecule has 1 aliphatic heterocycles. The Bertz CT molecular complexity index is 2490. The van der Waals surface area contributed by atoms with Crippen LogP contribution < -0.4 is 4.90 Å². The molecule has 0 amide bonds. The highest BCUT2D eigenvalue weighted by Gasteiger charge is 2.37. The highest BCUT2D eigenvalue weighted by Crippen LogP contribution is 2.53. The summed E-state index contributed by atoms with van der Waals surface area (Å²) in [7, 11) is 0. The van der Waals surface area contributed by atoms with Gasteiger partial charge in [-0.1, -0.05) is 92.7 Å². The Kier molecular flexibility index (Phi) is 6.70. The zero-order valence-electron chi connectivity index (χ0n) is 27.3. The average molecular weight is 637 g/mol. The third-order valence-corrected chi connectivity index (χ3v) is 9.97. The standard InChI is InChI=1S/C44H33FN4/c1-44(2)35-17-6-7-19-38(35)48(32-15-4-3-5-16-32)41-27-34-33-22-21-31(43(45)30-14-12-13-29(25-30)37-18-8-10-23-46-37)26-39(33)49(40(34)28-36(41)44)42-20-9-11-24-47-42/h3-28,43H,1-2H3. The summed E-state index contributed by atoms with van der Waals surface area (Å²) in [5.41, 5.74) is 10.5. The number of pyridine rings is 2. The maximum atomic E-state index is 16.6. The lowest BCUT2D eigenvalue weighted by Gasteiger charge is -2.42. The van der Waals surface area contributed by atoms with Crippen molar-refractivity contribution in [2.75, 3.05) is 4.90 Å². The van der Waals surface area contributed by atoms with E-state index >= 15 is 4.39 Å². The van der Waals surface area contributed by atoms with Crippen molar-refractivity contribution in [3.8, 4) is 17.1 Å². The predicted molar refractivity (Wildman–Crippen MR) is 198 cm³/mol. The van der Waals surface area contributed by atoms with Gasteiger partial charge in [-0.15, -0.1) is 0 Å². The van der Waals surface area contributed by atoms with Gasteiger partial charge in [0.15, 0.2) is 6.17 Å². The predicted octanol–water partition coefficient (Wildman–Crippen LogP) is 11.4. The number of alkyl halides is 1. The van der Waals surface area contributed by atoms with Crippen LogP contribution in [0.25, 0.3) is 38.9 Å². The molecule has 0 fully saturated rings. The summed E-state index contributed by atoms with van der Waals surface area (Å²) in [6.07, 6.45) is 2.25. The van der Waals surface area contributed by atoms with Crippen molar-refractivity contribution < 1.29 is 4.39 Å². The van der Waals surface area contributed by atoms with Gasteiger partial charge in [0.1, 0.15) is 5.82 Å². The number of rotatable bonds is 5. The van der Waals surface area contributed by atoms with Crippen LogP contribution in [0.4, 0.5) is 21.5 Å². The molecule has 49 heavy (non-hydrogen) atoms. The normalized spacial score (nSPS) is 14.1. The van der Waals surface area contributed by atoms with Gasteiger partial charge in [0.2, 0.25) is 0 Å². The molecule has 236 valence electrons. The molecule has 9 rings (SSSR count). The Morgan fingerprint density at radius 2 is 1.31 bits per heavy atom. The molecule has 1 atom stereocenters. The molecule has 0 bridgehead atoms. The van der Waals surface area contributed by atoms with Gasteiger partial charge in [0.05, 0.1) is 28.1 Å². The fourth-order valence-corrected chi connectivity index (χ4v) is 7.55. The first-order valence-electron chi connectivity index (χ1n) is 16.6. The number of nitrogens with zero attached hydrogens (tertiary/aromatic N) is 4. The fraction of sp³-hybridized carbons (Fsp3) is 0.0909. The van der Waals surface area contributed by atoms with Crippen LogP contribution >= 0.6 is 0 Å². The van der Waals surface area contributed by atoms with E-state index in [-0.39, 0.29) is 5.41 Å². The van der Waals surface area contributed by atoms with Crippen molar-refractivity contribution in [3.63, 3.8) is 0 Å². The van der Waals surface area contributed by atoms with Crippen molar-refractivity contribution in [3.05, 3.63) is 180 Å². The summed E-state index contributed by atoms with van der Waals surface area (Å²) in [5.74, 6) is 0.793. The van der Waals surface area contributed by atoms with E-state index in [2.05, 4.69) is 101 Å². The molecule has 8 aromatic rings. The third kappa shape index (κ3) is 4.65. The van der Waals surface area contributed by atoms with E-state index in [0.29, 0.717) is 11.1 Å². The minimum atomic E-state index is -1.32. The fourth-order valence-electron chi connectivity index (χ4n) is 7.55. The van der Waals surface area contributed by atoms with E-state index < -0.39 is 6.17 Å². The van der Waals surface area contributed by atoms with E-state index in [0.717, 1.165) is 50.3 Å². The van der Waals surface area contributed by atoms with Gasteiger partial charge < -0.3 is 4.90 Å². The van der Waals surface area contributed by atoms with Crippen LogP contribution in [0.15, 0.2) is 158 Å². The molecule has 4 nitrogen and oxygen atoms in total. The van der Waals surface area contributed by atoms with Gasteiger partial charge in [-0.3, -0.25) is 9.55 Å². The Labute approximate surface area is 284 Å². The van der Waals surface area contributed by atoms with Gasteiger partial charge in [0.25, 0.3) is 0 Å². The third-order valence-electron chi connectivity index (χ3n) is 9.97. The summed E-state index contributed by atoms with van der Waals surface area (Å²) in [5, 5.41) is 2.14. The van der Waals surface area contributed by atoms with Crippen LogP contribution in [0, 0.1) is 0 Å². The van der Waals surface area contributed by atoms with Crippen molar-refractivity contribution in [1.82, 2.24) is 14.5 Å². The molecule has 5 aromatic carbocycles. The number of benzene rings is 5. The van der Waals surface area contributed by atoms with E-state index in [4.69, 9.17) is 4.98 Å². The van der Waals surface area contributed by atoms with E-state index in [1.165, 1.54) is 16.8 Å². The molecule has 4 heterocycles. The van der Waals surface area contributed by atoms with Gasteiger partial charge in [-0.05, 0) is 89.0 Å². The molecule has 0 saturated heterocycles. The second kappa shape index (κ2) is 11.3. The monoisotopic (exact) mass is 636 g/mol. The van der Waals surface area contributed by atoms with Crippen molar-refractivity contribution in [1.29, 1.82) is 0 Å². The summed E-state index contributed by atoms with van der Waals surface area (Å²) >= 11 is 0. The molecule has 0 aliphatic carbocycles. The Hall–Kier alpha value is -6.07. The van der Waals surface area contributed by atoms with Crippen LogP contribution in [-0.2, 0) is 5.41 Å². The lowest BCUT2D eigenvalue weighted by atomic mass is 9.73. The zero-order chi connectivity index (χ0) is 33.1. The SMILES string of the molecule is CC1(C)c2ccccc2N(c2ccccc2)c2cc3c4ccc(C(F)c5cccc(-c6ccccn6)c5)cc4n(-c4ccccn4)c3cc21. The highest BCUT2D eigenvalue weighted by molar-refractivity contribution is 6.11. The Morgan fingerprint density at radius 3 is 2.10 bits per heavy atom. The molecule has 0 spiro atoms. The van der Waals surface area contributed by atoms with Gasteiger partial charge in [-0.2, -0.15) is 0 Å². The first kappa shape index (κ1) is 29.1. The minimum absolute atomic E-state index is 0.273. The number of anilines is 3. The molecular formula is C44H33FN4. The van der Waals surface area contributed by atoms with Gasteiger partial charge >= 0.3 is 0 Å². The summed E-state index contributed by atoms with van der Waals surface area (Å²) < 4.78 is 18.8. The Balaban J connectivity index is 1.28. The smallest absolute Gasteiger partial charge is 0.150 e. The van der Waals surface area contributed by atoms with Crippen molar-refractivity contribution in [2.24, 2.45) is 0 Å². The first-order valence-corrected chi connectivity index (χ1v) is 16.6. The van der Waals surface area contributed by atoms with Crippen LogP contribution in [0.1, 0.15) is 42.3 Å². The number of halogens is 1. The highest BCUT2D eigenvalue weighted by atomic mass is 19.1. The maximum Gasteiger partial charge on any atom is 0.150 e. The number of fused-ring (bicyclic) bond motifs is 5. The second-order valence-corrected chi connectivity index (χ2v) is 13.2. The number of para-hydroxylation sites is 2. The summed E-state index contributed by atoms with van der Waals surface area (Å²) in [6, 6.07) is 49.2.